The van der Waals surface area contributed by atoms with Crippen molar-refractivity contribution in [2.45, 2.75) is 6.92 Å². The van der Waals surface area contributed by atoms with Gasteiger partial charge in [-0.25, -0.2) is 0 Å². The first kappa shape index (κ1) is 16.6. The molecular formula is C5H12ClNO4. The molecule has 0 aliphatic rings. The van der Waals surface area contributed by atoms with Crippen molar-refractivity contribution in [2.24, 2.45) is 5.73 Å². The highest BCUT2D eigenvalue weighted by atomic mass is 35.5. The molecule has 0 bridgehead atoms. The number of methoxy groups -OCH3 is 1. The number of nitrogens with two attached hydrogens (primary N) is 1. The molecule has 0 amide bonds. The van der Waals surface area contributed by atoms with Gasteiger partial charge in [0, 0.05) is 6.92 Å². The molecule has 0 aromatic carbocycles. The smallest absolute Gasteiger partial charge is 0.319 e. The van der Waals surface area contributed by atoms with Gasteiger partial charge in [0.05, 0.1) is 13.7 Å². The van der Waals surface area contributed by atoms with E-state index in [0.29, 0.717) is 0 Å². The van der Waals surface area contributed by atoms with Gasteiger partial charge in [0.15, 0.2) is 0 Å². The Hall–Kier alpha value is -0.810. The van der Waals surface area contributed by atoms with Crippen molar-refractivity contribution < 1.29 is 19.4 Å². The molecule has 0 aliphatic carbocycles. The second-order valence-electron chi connectivity index (χ2n) is 1.30. The molecule has 0 rings (SSSR count). The summed E-state index contributed by atoms with van der Waals surface area (Å²) in [7, 11) is 1.30. The van der Waals surface area contributed by atoms with Crippen LogP contribution in [0.25, 0.3) is 0 Å². The summed E-state index contributed by atoms with van der Waals surface area (Å²) in [4.78, 5) is 18.8. The van der Waals surface area contributed by atoms with E-state index in [1.54, 1.807) is 0 Å². The second-order valence-corrected chi connectivity index (χ2v) is 1.30. The first-order chi connectivity index (χ1) is 4.54. The molecule has 0 heterocycles. The predicted octanol–water partition coefficient (Wildman–Crippen LogP) is -0.369. The molecule has 6 heteroatoms. The van der Waals surface area contributed by atoms with Crippen molar-refractivity contribution in [3.05, 3.63) is 0 Å². The van der Waals surface area contributed by atoms with Crippen LogP contribution in [0.3, 0.4) is 0 Å². The van der Waals surface area contributed by atoms with E-state index in [0.717, 1.165) is 6.92 Å². The summed E-state index contributed by atoms with van der Waals surface area (Å²) in [6.45, 7) is 1.05. The maximum Gasteiger partial charge on any atom is 0.319 e. The summed E-state index contributed by atoms with van der Waals surface area (Å²) in [5.41, 5.74) is 4.81. The van der Waals surface area contributed by atoms with Crippen molar-refractivity contribution in [3.8, 4) is 0 Å². The summed E-state index contributed by atoms with van der Waals surface area (Å²) in [5.74, 6) is -1.21. The molecule has 0 radical (unpaired) electrons. The number of halogens is 1. The zero-order valence-electron chi connectivity index (χ0n) is 6.36. The number of rotatable bonds is 1. The van der Waals surface area contributed by atoms with Crippen molar-refractivity contribution in [2.75, 3.05) is 13.7 Å². The van der Waals surface area contributed by atoms with E-state index in [1.807, 2.05) is 0 Å². The summed E-state index contributed by atoms with van der Waals surface area (Å²) < 4.78 is 4.14. The van der Waals surface area contributed by atoms with Gasteiger partial charge in [0.25, 0.3) is 5.97 Å². The molecule has 0 aliphatic heterocycles. The molecule has 0 fully saturated rings. The standard InChI is InChI=1S/C3H7NO2.C2H4O2.ClH/c1-6-3(5)2-4;1-2(3)4;/h2,4H2,1H3;1H3,(H,3,4);1H. The van der Waals surface area contributed by atoms with E-state index < -0.39 is 5.97 Å². The molecule has 0 unspecified atom stereocenters. The molecule has 11 heavy (non-hydrogen) atoms. The molecule has 68 valence electrons. The minimum Gasteiger partial charge on any atom is -0.481 e. The van der Waals surface area contributed by atoms with Gasteiger partial charge in [-0.05, 0) is 0 Å². The van der Waals surface area contributed by atoms with E-state index in [4.69, 9.17) is 15.6 Å². The normalized spacial score (nSPS) is 6.45. The third-order valence-electron chi connectivity index (χ3n) is 0.394. The minimum absolute atomic E-state index is 0. The molecule has 0 spiro atoms. The highest BCUT2D eigenvalue weighted by molar-refractivity contribution is 5.85. The average Bonchev–Trinajstić information content (AvgIpc) is 1.85. The predicted molar refractivity (Wildman–Crippen MR) is 41.6 cm³/mol. The van der Waals surface area contributed by atoms with Crippen LogP contribution in [0.5, 0.6) is 0 Å². The Kier molecular flexibility index (Phi) is 18.0. The van der Waals surface area contributed by atoms with Crippen LogP contribution in [-0.2, 0) is 14.3 Å². The van der Waals surface area contributed by atoms with Crippen LogP contribution in [0.1, 0.15) is 6.92 Å². The average molecular weight is 186 g/mol. The van der Waals surface area contributed by atoms with Crippen molar-refractivity contribution in [3.63, 3.8) is 0 Å². The number of carboxylic acid groups (broad SMARTS) is 1. The number of carbonyl (C=O) groups is 2. The lowest BCUT2D eigenvalue weighted by Gasteiger charge is -1.87. The third-order valence-corrected chi connectivity index (χ3v) is 0.394. The van der Waals surface area contributed by atoms with Crippen molar-refractivity contribution >= 4 is 24.3 Å². The molecule has 5 nitrogen and oxygen atoms in total. The number of aliphatic carboxylic acids is 1. The topological polar surface area (TPSA) is 89.6 Å². The van der Waals surface area contributed by atoms with Crippen LogP contribution in [0, 0.1) is 0 Å². The van der Waals surface area contributed by atoms with Crippen LogP contribution in [-0.4, -0.2) is 30.7 Å². The Balaban J connectivity index is -0.000000114. The van der Waals surface area contributed by atoms with Crippen LogP contribution in [0.4, 0.5) is 0 Å². The Morgan fingerprint density at radius 2 is 1.82 bits per heavy atom. The molecule has 0 aromatic heterocycles. The van der Waals surface area contributed by atoms with Gasteiger partial charge in [-0.15, -0.1) is 12.4 Å². The van der Waals surface area contributed by atoms with E-state index in [9.17, 15) is 4.79 Å². The molecule has 0 atom stereocenters. The lowest BCUT2D eigenvalue weighted by Crippen LogP contribution is -2.14. The Labute approximate surface area is 70.9 Å². The van der Waals surface area contributed by atoms with Crippen LogP contribution in [0.2, 0.25) is 0 Å². The van der Waals surface area contributed by atoms with E-state index in [1.165, 1.54) is 7.11 Å². The monoisotopic (exact) mass is 185 g/mol. The van der Waals surface area contributed by atoms with Gasteiger partial charge in [-0.1, -0.05) is 0 Å². The van der Waals surface area contributed by atoms with Crippen molar-refractivity contribution in [1.82, 2.24) is 0 Å². The van der Waals surface area contributed by atoms with Crippen molar-refractivity contribution in [1.29, 1.82) is 0 Å². The maximum absolute atomic E-state index is 9.83. The zero-order chi connectivity index (χ0) is 8.57. The molecule has 0 aromatic rings. The number of esters is 1. The second kappa shape index (κ2) is 11.9. The number of carbonyl (C=O) groups excluding carboxylic acids is 1. The van der Waals surface area contributed by atoms with Crippen LogP contribution >= 0.6 is 12.4 Å². The van der Waals surface area contributed by atoms with Gasteiger partial charge >= 0.3 is 5.97 Å². The molecule has 0 saturated carbocycles. The summed E-state index contributed by atoms with van der Waals surface area (Å²) in [5, 5.41) is 7.42. The van der Waals surface area contributed by atoms with Gasteiger partial charge < -0.3 is 15.6 Å². The van der Waals surface area contributed by atoms with Crippen LogP contribution in [0.15, 0.2) is 0 Å². The highest BCUT2D eigenvalue weighted by Gasteiger charge is 1.87. The fraction of sp³-hybridized carbons (Fsp3) is 0.600. The fourth-order valence-electron chi connectivity index (χ4n) is 0.0833. The largest absolute Gasteiger partial charge is 0.481 e. The highest BCUT2D eigenvalue weighted by Crippen LogP contribution is 1.61. The fourth-order valence-corrected chi connectivity index (χ4v) is 0.0833. The Morgan fingerprint density at radius 3 is 1.82 bits per heavy atom. The Bertz CT molecular complexity index is 107. The van der Waals surface area contributed by atoms with Crippen LogP contribution < -0.4 is 5.73 Å². The van der Waals surface area contributed by atoms with Gasteiger partial charge in [0.2, 0.25) is 0 Å². The van der Waals surface area contributed by atoms with E-state index in [-0.39, 0.29) is 24.9 Å². The first-order valence-corrected chi connectivity index (χ1v) is 2.51. The summed E-state index contributed by atoms with van der Waals surface area (Å²) >= 11 is 0. The zero-order valence-corrected chi connectivity index (χ0v) is 7.18. The number of hydrogen-bond acceptors (Lipinski definition) is 4. The van der Waals surface area contributed by atoms with E-state index >= 15 is 0 Å². The molecule has 3 N–H and O–H groups in total. The number of ether oxygens (including phenoxy) is 1. The first-order valence-electron chi connectivity index (χ1n) is 2.51. The molecular weight excluding hydrogens is 174 g/mol. The quantitative estimate of drug-likeness (QED) is 0.544. The SMILES string of the molecule is CC(=O)O.COC(=O)CN.Cl. The maximum atomic E-state index is 9.83. The number of hydrogen-bond donors (Lipinski definition) is 2. The summed E-state index contributed by atoms with van der Waals surface area (Å²) in [6.07, 6.45) is 0. The third kappa shape index (κ3) is 46.7. The molecule has 0 saturated heterocycles. The van der Waals surface area contributed by atoms with Gasteiger partial charge in [-0.2, -0.15) is 0 Å². The van der Waals surface area contributed by atoms with Gasteiger partial charge in [-0.3, -0.25) is 9.59 Å². The van der Waals surface area contributed by atoms with Gasteiger partial charge in [0.1, 0.15) is 0 Å². The van der Waals surface area contributed by atoms with E-state index in [2.05, 4.69) is 4.74 Å². The number of carboxylic acids is 1. The Morgan fingerprint density at radius 1 is 1.55 bits per heavy atom. The lowest BCUT2D eigenvalue weighted by molar-refractivity contribution is -0.139. The lowest BCUT2D eigenvalue weighted by atomic mass is 10.7. The minimum atomic E-state index is -0.833. The summed E-state index contributed by atoms with van der Waals surface area (Å²) in [6, 6.07) is 0.